The van der Waals surface area contributed by atoms with E-state index in [4.69, 9.17) is 0 Å². The first-order chi connectivity index (χ1) is 13.1. The number of allylic oxidation sites excluding steroid dienone is 1. The van der Waals surface area contributed by atoms with Gasteiger partial charge in [-0.2, -0.15) is 0 Å². The van der Waals surface area contributed by atoms with Gasteiger partial charge in [0.2, 0.25) is 5.88 Å². The average molecular weight is 376 g/mol. The molecule has 1 N–H and O–H groups in total. The highest BCUT2D eigenvalue weighted by molar-refractivity contribution is 7.10. The Kier molecular flexibility index (Phi) is 4.54. The van der Waals surface area contributed by atoms with Crippen LogP contribution in [0.4, 0.5) is 5.69 Å². The second kappa shape index (κ2) is 7.00. The van der Waals surface area contributed by atoms with Crippen LogP contribution < -0.4 is 4.87 Å². The van der Waals surface area contributed by atoms with Gasteiger partial charge in [0.05, 0.1) is 17.1 Å². The number of aromatic nitrogens is 1. The lowest BCUT2D eigenvalue weighted by Crippen LogP contribution is -2.13. The molecule has 3 aromatic rings. The highest BCUT2D eigenvalue weighted by atomic mass is 32.1. The maximum Gasteiger partial charge on any atom is 0.310 e. The molecule has 0 saturated heterocycles. The third kappa shape index (κ3) is 3.26. The van der Waals surface area contributed by atoms with Crippen LogP contribution in [0.2, 0.25) is 0 Å². The Morgan fingerprint density at radius 1 is 1.22 bits per heavy atom. The van der Waals surface area contributed by atoms with Gasteiger partial charge in [0, 0.05) is 17.4 Å². The molecule has 4 rings (SSSR count). The summed E-state index contributed by atoms with van der Waals surface area (Å²) in [5.74, 6) is 0.00695. The molecule has 136 valence electrons. The zero-order valence-corrected chi connectivity index (χ0v) is 16.1. The van der Waals surface area contributed by atoms with Gasteiger partial charge in [0.25, 0.3) is 0 Å². The minimum Gasteiger partial charge on any atom is -0.493 e. The minimum absolute atomic E-state index is 0.00695. The van der Waals surface area contributed by atoms with Crippen molar-refractivity contribution in [3.05, 3.63) is 79.3 Å². The van der Waals surface area contributed by atoms with Crippen molar-refractivity contribution in [1.29, 1.82) is 0 Å². The molecule has 0 amide bonds. The molecular weight excluding hydrogens is 356 g/mol. The fraction of sp³-hybridized carbons (Fsp3) is 0.182. The van der Waals surface area contributed by atoms with Crippen LogP contribution in [0.15, 0.2) is 52.3 Å². The Morgan fingerprint density at radius 3 is 2.81 bits per heavy atom. The molecule has 0 radical (unpaired) electrons. The summed E-state index contributed by atoms with van der Waals surface area (Å²) < 4.78 is 1.42. The molecule has 0 bridgehead atoms. The molecule has 5 heteroatoms. The zero-order valence-electron chi connectivity index (χ0n) is 15.3. The van der Waals surface area contributed by atoms with Crippen molar-refractivity contribution in [2.45, 2.75) is 26.8 Å². The Balaban J connectivity index is 1.71. The van der Waals surface area contributed by atoms with E-state index in [1.807, 2.05) is 49.4 Å². The third-order valence-corrected chi connectivity index (χ3v) is 5.66. The molecule has 0 unspecified atom stereocenters. The lowest BCUT2D eigenvalue weighted by Gasteiger charge is -2.05. The molecule has 1 aliphatic heterocycles. The first-order valence-corrected chi connectivity index (χ1v) is 9.74. The van der Waals surface area contributed by atoms with E-state index in [0.29, 0.717) is 11.4 Å². The number of benzene rings is 2. The predicted molar refractivity (Wildman–Crippen MR) is 112 cm³/mol. The van der Waals surface area contributed by atoms with Gasteiger partial charge in [-0.05, 0) is 30.5 Å². The largest absolute Gasteiger partial charge is 0.493 e. The number of thiazole rings is 1. The van der Waals surface area contributed by atoms with Gasteiger partial charge in [0.1, 0.15) is 0 Å². The van der Waals surface area contributed by atoms with E-state index in [0.717, 1.165) is 45.7 Å². The first-order valence-electron chi connectivity index (χ1n) is 8.93. The molecule has 27 heavy (non-hydrogen) atoms. The van der Waals surface area contributed by atoms with E-state index in [2.05, 4.69) is 18.0 Å². The van der Waals surface area contributed by atoms with Gasteiger partial charge in [0.15, 0.2) is 0 Å². The fourth-order valence-electron chi connectivity index (χ4n) is 3.36. The SMILES string of the molecule is CCc1cccc2c1N=C/C2=C\c1sc(=O)n(Cc2cccc(C)c2)c1O. The van der Waals surface area contributed by atoms with Crippen molar-refractivity contribution in [1.82, 2.24) is 4.57 Å². The highest BCUT2D eigenvalue weighted by Crippen LogP contribution is 2.37. The summed E-state index contributed by atoms with van der Waals surface area (Å²) in [6.45, 7) is 4.48. The topological polar surface area (TPSA) is 54.6 Å². The number of para-hydroxylation sites is 1. The summed E-state index contributed by atoms with van der Waals surface area (Å²) in [6, 6.07) is 14.1. The Bertz CT molecular complexity index is 1140. The predicted octanol–water partition coefficient (Wildman–Crippen LogP) is 4.79. The van der Waals surface area contributed by atoms with E-state index >= 15 is 0 Å². The molecule has 4 nitrogen and oxygen atoms in total. The summed E-state index contributed by atoms with van der Waals surface area (Å²) in [5, 5.41) is 10.6. The minimum atomic E-state index is -0.168. The van der Waals surface area contributed by atoms with E-state index in [9.17, 15) is 9.90 Å². The van der Waals surface area contributed by atoms with Gasteiger partial charge < -0.3 is 5.11 Å². The molecule has 2 heterocycles. The van der Waals surface area contributed by atoms with Crippen molar-refractivity contribution in [3.8, 4) is 5.88 Å². The molecule has 1 aliphatic rings. The van der Waals surface area contributed by atoms with Crippen LogP contribution in [0.5, 0.6) is 5.88 Å². The summed E-state index contributed by atoms with van der Waals surface area (Å²) >= 11 is 1.06. The molecule has 0 fully saturated rings. The Morgan fingerprint density at radius 2 is 2.04 bits per heavy atom. The molecule has 0 atom stereocenters. The molecular formula is C22H20N2O2S. The number of aryl methyl sites for hydroxylation is 2. The van der Waals surface area contributed by atoms with Crippen LogP contribution in [0.3, 0.4) is 0 Å². The quantitative estimate of drug-likeness (QED) is 0.712. The van der Waals surface area contributed by atoms with Crippen LogP contribution in [-0.4, -0.2) is 15.9 Å². The third-order valence-electron chi connectivity index (χ3n) is 4.75. The van der Waals surface area contributed by atoms with Crippen LogP contribution in [0, 0.1) is 6.92 Å². The molecule has 0 spiro atoms. The van der Waals surface area contributed by atoms with Gasteiger partial charge in [-0.3, -0.25) is 14.4 Å². The standard InChI is InChI=1S/C22H20N2O2S/c1-3-16-8-5-9-18-17(12-23-20(16)18)11-19-21(25)24(22(26)27-19)13-15-7-4-6-14(2)10-15/h4-12,25H,3,13H2,1-2H3/b17-11+. The van der Waals surface area contributed by atoms with E-state index < -0.39 is 0 Å². The maximum atomic E-state index is 12.4. The van der Waals surface area contributed by atoms with Crippen molar-refractivity contribution in [2.24, 2.45) is 4.99 Å². The monoisotopic (exact) mass is 376 g/mol. The first kappa shape index (κ1) is 17.5. The lowest BCUT2D eigenvalue weighted by molar-refractivity contribution is 0.420. The summed E-state index contributed by atoms with van der Waals surface area (Å²) in [5.41, 5.74) is 6.26. The van der Waals surface area contributed by atoms with E-state index in [1.54, 1.807) is 6.21 Å². The van der Waals surface area contributed by atoms with Crippen LogP contribution in [0.1, 0.15) is 34.1 Å². The summed E-state index contributed by atoms with van der Waals surface area (Å²) in [7, 11) is 0. The number of aliphatic imine (C=N–C) groups is 1. The molecule has 0 saturated carbocycles. The van der Waals surface area contributed by atoms with E-state index in [1.165, 1.54) is 10.1 Å². The van der Waals surface area contributed by atoms with Crippen molar-refractivity contribution in [3.63, 3.8) is 0 Å². The van der Waals surface area contributed by atoms with Gasteiger partial charge in [-0.1, -0.05) is 66.3 Å². The van der Waals surface area contributed by atoms with Crippen LogP contribution >= 0.6 is 11.3 Å². The smallest absolute Gasteiger partial charge is 0.310 e. The fourth-order valence-corrected chi connectivity index (χ4v) is 4.20. The Hall–Kier alpha value is -2.92. The van der Waals surface area contributed by atoms with Gasteiger partial charge >= 0.3 is 4.87 Å². The van der Waals surface area contributed by atoms with Crippen molar-refractivity contribution >= 4 is 34.9 Å². The molecule has 1 aromatic heterocycles. The van der Waals surface area contributed by atoms with Crippen molar-refractivity contribution < 1.29 is 5.11 Å². The number of hydrogen-bond acceptors (Lipinski definition) is 4. The molecule has 2 aromatic carbocycles. The Labute approximate surface area is 161 Å². The zero-order chi connectivity index (χ0) is 19.0. The van der Waals surface area contributed by atoms with Crippen LogP contribution in [-0.2, 0) is 13.0 Å². The maximum absolute atomic E-state index is 12.4. The summed E-state index contributed by atoms with van der Waals surface area (Å²) in [6.07, 6.45) is 4.57. The number of hydrogen-bond donors (Lipinski definition) is 1. The number of rotatable bonds is 4. The average Bonchev–Trinajstić information content (AvgIpc) is 3.18. The second-order valence-corrected chi connectivity index (χ2v) is 7.65. The number of fused-ring (bicyclic) bond motifs is 1. The van der Waals surface area contributed by atoms with Gasteiger partial charge in [-0.25, -0.2) is 0 Å². The van der Waals surface area contributed by atoms with Gasteiger partial charge in [-0.15, -0.1) is 0 Å². The normalized spacial score (nSPS) is 14.1. The van der Waals surface area contributed by atoms with Crippen molar-refractivity contribution in [2.75, 3.05) is 0 Å². The molecule has 0 aliphatic carbocycles. The second-order valence-electron chi connectivity index (χ2n) is 6.66. The highest BCUT2D eigenvalue weighted by Gasteiger charge is 2.18. The van der Waals surface area contributed by atoms with Crippen LogP contribution in [0.25, 0.3) is 11.6 Å². The summed E-state index contributed by atoms with van der Waals surface area (Å²) in [4.78, 5) is 17.3. The number of nitrogens with zero attached hydrogens (tertiary/aromatic N) is 2. The number of aromatic hydroxyl groups is 1. The van der Waals surface area contributed by atoms with E-state index in [-0.39, 0.29) is 10.8 Å². The lowest BCUT2D eigenvalue weighted by atomic mass is 10.0.